The predicted molar refractivity (Wildman–Crippen MR) is 72.0 cm³/mol. The summed E-state index contributed by atoms with van der Waals surface area (Å²) in [6.45, 7) is 1.52. The van der Waals surface area contributed by atoms with Gasteiger partial charge in [-0.25, -0.2) is 0 Å². The van der Waals surface area contributed by atoms with E-state index in [0.29, 0.717) is 21.9 Å². The van der Waals surface area contributed by atoms with Crippen molar-refractivity contribution in [3.8, 4) is 0 Å². The summed E-state index contributed by atoms with van der Waals surface area (Å²) < 4.78 is 6.21. The Bertz CT molecular complexity index is 670. The van der Waals surface area contributed by atoms with Crippen LogP contribution in [0.4, 0.5) is 5.88 Å². The van der Waals surface area contributed by atoms with Crippen molar-refractivity contribution in [1.82, 2.24) is 5.27 Å². The van der Waals surface area contributed by atoms with Gasteiger partial charge in [0, 0.05) is 17.5 Å². The van der Waals surface area contributed by atoms with E-state index < -0.39 is 0 Å². The van der Waals surface area contributed by atoms with Gasteiger partial charge in [0.1, 0.15) is 0 Å². The molecule has 2 aromatic rings. The van der Waals surface area contributed by atoms with E-state index in [1.54, 1.807) is 18.2 Å². The van der Waals surface area contributed by atoms with Crippen molar-refractivity contribution < 1.29 is 18.8 Å². The third-order valence-corrected chi connectivity index (χ3v) is 3.06. The number of hydrogen-bond acceptors (Lipinski definition) is 4. The van der Waals surface area contributed by atoms with Gasteiger partial charge in [-0.1, -0.05) is 23.2 Å². The Labute approximate surface area is 124 Å². The highest BCUT2D eigenvalue weighted by Crippen LogP contribution is 2.21. The van der Waals surface area contributed by atoms with Gasteiger partial charge in [0.2, 0.25) is 24.0 Å². The van der Waals surface area contributed by atoms with Crippen LogP contribution in [0.3, 0.4) is 0 Å². The molecule has 0 fully saturated rings. The van der Waals surface area contributed by atoms with Crippen LogP contribution in [0.15, 0.2) is 22.7 Å². The Morgan fingerprint density at radius 1 is 1.50 bits per heavy atom. The van der Waals surface area contributed by atoms with Gasteiger partial charge >= 0.3 is 11.6 Å². The molecule has 0 aliphatic heterocycles. The van der Waals surface area contributed by atoms with E-state index in [1.165, 1.54) is 11.6 Å². The highest BCUT2D eigenvalue weighted by Gasteiger charge is 2.25. The number of nitrogens with zero attached hydrogens (tertiary/aromatic N) is 2. The highest BCUT2D eigenvalue weighted by molar-refractivity contribution is 6.35. The van der Waals surface area contributed by atoms with Crippen LogP contribution < -0.4 is 10.00 Å². The summed E-state index contributed by atoms with van der Waals surface area (Å²) in [5.41, 5.74) is 0.832. The molecule has 6 nitrogen and oxygen atoms in total. The maximum Gasteiger partial charge on any atom is 0.337 e. The lowest BCUT2D eigenvalue weighted by Gasteiger charge is -1.98. The Hall–Kier alpha value is -1.92. The van der Waals surface area contributed by atoms with Crippen LogP contribution in [0.1, 0.15) is 23.0 Å². The smallest absolute Gasteiger partial charge is 0.291 e. The molecule has 0 aliphatic carbocycles. The molecule has 0 saturated carbocycles. The number of amides is 1. The summed E-state index contributed by atoms with van der Waals surface area (Å²) >= 11 is 11.9. The number of aldehydes is 1. The Kier molecular flexibility index (Phi) is 4.36. The first-order chi connectivity index (χ1) is 9.51. The molecule has 1 heterocycles. The van der Waals surface area contributed by atoms with Crippen molar-refractivity contribution in [3.05, 3.63) is 39.5 Å². The molecule has 1 aromatic carbocycles. The Morgan fingerprint density at radius 3 is 2.85 bits per heavy atom. The highest BCUT2D eigenvalue weighted by atomic mass is 35.5. The molecule has 0 unspecified atom stereocenters. The number of hydrogen-bond donors (Lipinski definition) is 1. The summed E-state index contributed by atoms with van der Waals surface area (Å²) in [5.74, 6) is -0.362. The van der Waals surface area contributed by atoms with Crippen LogP contribution in [0, 0.1) is 0 Å². The molecule has 0 bridgehead atoms. The number of nitrogens with one attached hydrogen (secondary N) is 1. The summed E-state index contributed by atoms with van der Waals surface area (Å²) in [6.07, 6.45) is 0.547. The van der Waals surface area contributed by atoms with Gasteiger partial charge in [-0.2, -0.15) is 0 Å². The molecule has 8 heteroatoms. The van der Waals surface area contributed by atoms with Gasteiger partial charge < -0.3 is 0 Å². The molecule has 0 aliphatic rings. The molecular formula is C12H10Cl2N3O3+. The SMILES string of the molecule is CC(=O)Nc1on[n+](Cc2ccc(Cl)cc2Cl)c1C=O. The number of anilines is 1. The van der Waals surface area contributed by atoms with Crippen LogP contribution in [0.5, 0.6) is 0 Å². The number of aromatic nitrogens is 2. The summed E-state index contributed by atoms with van der Waals surface area (Å²) in [6, 6.07) is 4.99. The summed E-state index contributed by atoms with van der Waals surface area (Å²) in [5, 5.41) is 7.05. The first kappa shape index (κ1) is 14.5. The van der Waals surface area contributed by atoms with Gasteiger partial charge in [-0.05, 0) is 22.9 Å². The monoisotopic (exact) mass is 314 g/mol. The van der Waals surface area contributed by atoms with Crippen molar-refractivity contribution >= 4 is 41.3 Å². The number of carbonyl (C=O) groups excluding carboxylic acids is 2. The lowest BCUT2D eigenvalue weighted by Crippen LogP contribution is -2.40. The maximum atomic E-state index is 11.1. The number of rotatable bonds is 4. The quantitative estimate of drug-likeness (QED) is 0.692. The predicted octanol–water partition coefficient (Wildman–Crippen LogP) is 2.09. The molecule has 1 N–H and O–H groups in total. The first-order valence-corrected chi connectivity index (χ1v) is 6.33. The van der Waals surface area contributed by atoms with E-state index in [4.69, 9.17) is 27.7 Å². The van der Waals surface area contributed by atoms with E-state index >= 15 is 0 Å². The maximum absolute atomic E-state index is 11.1. The molecule has 2 rings (SSSR count). The van der Waals surface area contributed by atoms with E-state index in [2.05, 4.69) is 10.6 Å². The van der Waals surface area contributed by atoms with Crippen LogP contribution in [-0.4, -0.2) is 17.5 Å². The van der Waals surface area contributed by atoms with Gasteiger partial charge in [0.05, 0.1) is 5.02 Å². The van der Waals surface area contributed by atoms with Crippen molar-refractivity contribution in [3.63, 3.8) is 0 Å². The zero-order valence-electron chi connectivity index (χ0n) is 10.4. The van der Waals surface area contributed by atoms with Crippen molar-refractivity contribution in [2.45, 2.75) is 13.5 Å². The second kappa shape index (κ2) is 6.02. The van der Waals surface area contributed by atoms with Crippen LogP contribution >= 0.6 is 23.2 Å². The Morgan fingerprint density at radius 2 is 2.25 bits per heavy atom. The van der Waals surface area contributed by atoms with Crippen molar-refractivity contribution in [1.29, 1.82) is 0 Å². The lowest BCUT2D eigenvalue weighted by molar-refractivity contribution is -0.755. The molecule has 1 aromatic heterocycles. The minimum Gasteiger partial charge on any atom is -0.291 e. The van der Waals surface area contributed by atoms with E-state index in [-0.39, 0.29) is 24.0 Å². The van der Waals surface area contributed by atoms with Crippen molar-refractivity contribution in [2.24, 2.45) is 0 Å². The minimum absolute atomic E-state index is 0.00224. The molecular weight excluding hydrogens is 305 g/mol. The third-order valence-electron chi connectivity index (χ3n) is 2.48. The fourth-order valence-electron chi connectivity index (χ4n) is 1.58. The molecule has 1 amide bonds. The van der Waals surface area contributed by atoms with Crippen LogP contribution in [0.2, 0.25) is 10.0 Å². The summed E-state index contributed by atoms with van der Waals surface area (Å²) in [7, 11) is 0. The fraction of sp³-hybridized carbons (Fsp3) is 0.167. The fourth-order valence-corrected chi connectivity index (χ4v) is 2.05. The largest absolute Gasteiger partial charge is 0.337 e. The van der Waals surface area contributed by atoms with Gasteiger partial charge in [0.15, 0.2) is 0 Å². The molecule has 104 valence electrons. The molecule has 0 atom stereocenters. The second-order valence-corrected chi connectivity index (χ2v) is 4.82. The van der Waals surface area contributed by atoms with E-state index in [1.807, 2.05) is 0 Å². The van der Waals surface area contributed by atoms with Crippen LogP contribution in [-0.2, 0) is 11.3 Å². The standard InChI is InChI=1S/C12H9Cl2N3O3/c1-7(19)15-12-11(6-18)17(16-20-12)5-8-2-3-9(13)4-10(8)14/h2-4,6H,5H2,1H3/p+1. The lowest BCUT2D eigenvalue weighted by atomic mass is 10.2. The normalized spacial score (nSPS) is 10.3. The second-order valence-electron chi connectivity index (χ2n) is 3.98. The van der Waals surface area contributed by atoms with E-state index in [9.17, 15) is 9.59 Å². The van der Waals surface area contributed by atoms with E-state index in [0.717, 1.165) is 0 Å². The zero-order valence-corrected chi connectivity index (χ0v) is 11.9. The number of carbonyl (C=O) groups is 2. The topological polar surface area (TPSA) is 76.1 Å². The first-order valence-electron chi connectivity index (χ1n) is 5.57. The van der Waals surface area contributed by atoms with Crippen LogP contribution in [0.25, 0.3) is 0 Å². The molecule has 20 heavy (non-hydrogen) atoms. The molecule has 0 saturated heterocycles. The number of halogens is 2. The summed E-state index contributed by atoms with van der Waals surface area (Å²) in [4.78, 5) is 22.1. The average Bonchev–Trinajstić information content (AvgIpc) is 2.74. The Balaban J connectivity index is 2.31. The molecule has 0 spiro atoms. The van der Waals surface area contributed by atoms with Crippen molar-refractivity contribution in [2.75, 3.05) is 5.32 Å². The molecule has 0 radical (unpaired) electrons. The van der Waals surface area contributed by atoms with Gasteiger partial charge in [-0.3, -0.25) is 19.4 Å². The average molecular weight is 315 g/mol. The zero-order chi connectivity index (χ0) is 14.7. The third kappa shape index (κ3) is 3.15. The van der Waals surface area contributed by atoms with Gasteiger partial charge in [0.25, 0.3) is 0 Å². The minimum atomic E-state index is -0.360. The van der Waals surface area contributed by atoms with Gasteiger partial charge in [-0.15, -0.1) is 0 Å². The number of benzene rings is 1.